The molecule has 0 saturated heterocycles. The Labute approximate surface area is 131 Å². The monoisotopic (exact) mass is 349 g/mol. The Morgan fingerprint density at radius 2 is 2.05 bits per heavy atom. The van der Waals surface area contributed by atoms with Crippen molar-refractivity contribution in [2.24, 2.45) is 0 Å². The van der Waals surface area contributed by atoms with Gasteiger partial charge in [0.2, 0.25) is 0 Å². The van der Waals surface area contributed by atoms with E-state index in [1.807, 2.05) is 18.2 Å². The first-order chi connectivity index (χ1) is 10.1. The number of aliphatic carboxylic acids is 1. The summed E-state index contributed by atoms with van der Waals surface area (Å²) in [6.07, 6.45) is 7.55. The maximum atomic E-state index is 11.9. The third-order valence-corrected chi connectivity index (χ3v) is 4.92. The number of carboxylic acids is 1. The van der Waals surface area contributed by atoms with Crippen molar-refractivity contribution < 1.29 is 9.90 Å². The Kier molecular flexibility index (Phi) is 3.80. The minimum Gasteiger partial charge on any atom is -0.481 e. The molecular weight excluding hydrogens is 334 g/mol. The van der Waals surface area contributed by atoms with Gasteiger partial charge in [-0.1, -0.05) is 25.3 Å². The second kappa shape index (κ2) is 5.60. The summed E-state index contributed by atoms with van der Waals surface area (Å²) in [7, 11) is 0. The van der Waals surface area contributed by atoms with E-state index >= 15 is 0 Å². The lowest BCUT2D eigenvalue weighted by atomic mass is 9.69. The molecule has 1 N–H and O–H groups in total. The van der Waals surface area contributed by atoms with Gasteiger partial charge in [0.1, 0.15) is 12.7 Å². The molecule has 1 aliphatic rings. The molecule has 1 aromatic carbocycles. The van der Waals surface area contributed by atoms with Gasteiger partial charge in [0.05, 0.1) is 11.1 Å². The fourth-order valence-corrected chi connectivity index (χ4v) is 3.66. The predicted molar refractivity (Wildman–Crippen MR) is 81.5 cm³/mol. The zero-order valence-corrected chi connectivity index (χ0v) is 13.1. The highest BCUT2D eigenvalue weighted by Gasteiger charge is 2.41. The number of hydrogen-bond donors (Lipinski definition) is 1. The molecule has 110 valence electrons. The van der Waals surface area contributed by atoms with E-state index < -0.39 is 11.4 Å². The van der Waals surface area contributed by atoms with Gasteiger partial charge in [-0.2, -0.15) is 5.10 Å². The first-order valence-electron chi connectivity index (χ1n) is 7.02. The van der Waals surface area contributed by atoms with E-state index in [4.69, 9.17) is 0 Å². The summed E-state index contributed by atoms with van der Waals surface area (Å²) in [4.78, 5) is 15.8. The molecule has 0 amide bonds. The van der Waals surface area contributed by atoms with Gasteiger partial charge < -0.3 is 5.11 Å². The van der Waals surface area contributed by atoms with Crippen molar-refractivity contribution in [3.8, 4) is 5.69 Å². The highest BCUT2D eigenvalue weighted by molar-refractivity contribution is 9.10. The van der Waals surface area contributed by atoms with Gasteiger partial charge in [0.15, 0.2) is 0 Å². The number of carboxylic acid groups (broad SMARTS) is 1. The van der Waals surface area contributed by atoms with Crippen LogP contribution in [0.3, 0.4) is 0 Å². The number of carbonyl (C=O) groups is 1. The summed E-state index contributed by atoms with van der Waals surface area (Å²) >= 11 is 3.53. The van der Waals surface area contributed by atoms with Gasteiger partial charge in [0, 0.05) is 4.47 Å². The minimum absolute atomic E-state index is 0.706. The van der Waals surface area contributed by atoms with Crippen molar-refractivity contribution in [1.82, 2.24) is 14.8 Å². The molecule has 0 bridgehead atoms. The molecule has 0 aliphatic heterocycles. The van der Waals surface area contributed by atoms with Crippen LogP contribution in [-0.4, -0.2) is 25.8 Å². The number of hydrogen-bond acceptors (Lipinski definition) is 3. The molecule has 0 spiro atoms. The lowest BCUT2D eigenvalue weighted by Gasteiger charge is -2.34. The van der Waals surface area contributed by atoms with Crippen LogP contribution in [0.15, 0.2) is 35.3 Å². The predicted octanol–water partition coefficient (Wildman–Crippen LogP) is 3.32. The second-order valence-electron chi connectivity index (χ2n) is 5.45. The fraction of sp³-hybridized carbons (Fsp3) is 0.400. The smallest absolute Gasteiger partial charge is 0.314 e. The molecule has 1 saturated carbocycles. The van der Waals surface area contributed by atoms with Gasteiger partial charge in [-0.25, -0.2) is 9.67 Å². The van der Waals surface area contributed by atoms with E-state index in [1.165, 1.54) is 6.33 Å². The Balaban J connectivity index is 2.02. The quantitative estimate of drug-likeness (QED) is 0.922. The molecule has 0 atom stereocenters. The number of rotatable bonds is 3. The largest absolute Gasteiger partial charge is 0.481 e. The van der Waals surface area contributed by atoms with Gasteiger partial charge in [-0.15, -0.1) is 0 Å². The number of aromatic nitrogens is 3. The molecular formula is C15H16BrN3O2. The number of halogens is 1. The number of benzene rings is 1. The van der Waals surface area contributed by atoms with E-state index in [0.717, 1.165) is 35.0 Å². The van der Waals surface area contributed by atoms with Crippen molar-refractivity contribution in [3.05, 3.63) is 40.9 Å². The lowest BCUT2D eigenvalue weighted by molar-refractivity contribution is -0.145. The van der Waals surface area contributed by atoms with Crippen molar-refractivity contribution in [1.29, 1.82) is 0 Å². The molecule has 3 rings (SSSR count). The maximum Gasteiger partial charge on any atom is 0.314 e. The SMILES string of the molecule is O=C(O)C1(c2ccc(-n3cncn3)c(Br)c2)CCCCC1. The van der Waals surface area contributed by atoms with E-state index in [1.54, 1.807) is 11.0 Å². The van der Waals surface area contributed by atoms with E-state index in [0.29, 0.717) is 12.8 Å². The molecule has 0 unspecified atom stereocenters. The zero-order valence-electron chi connectivity index (χ0n) is 11.5. The van der Waals surface area contributed by atoms with E-state index in [2.05, 4.69) is 26.0 Å². The highest BCUT2D eigenvalue weighted by atomic mass is 79.9. The van der Waals surface area contributed by atoms with Gasteiger partial charge in [0.25, 0.3) is 0 Å². The summed E-state index contributed by atoms with van der Waals surface area (Å²) < 4.78 is 2.49. The summed E-state index contributed by atoms with van der Waals surface area (Å²) in [5.41, 5.74) is 0.972. The van der Waals surface area contributed by atoms with Gasteiger partial charge in [-0.3, -0.25) is 4.79 Å². The summed E-state index contributed by atoms with van der Waals surface area (Å²) in [6.45, 7) is 0. The molecule has 6 heteroatoms. The fourth-order valence-electron chi connectivity index (χ4n) is 3.10. The molecule has 1 fully saturated rings. The Bertz CT molecular complexity index is 649. The van der Waals surface area contributed by atoms with E-state index in [9.17, 15) is 9.90 Å². The third-order valence-electron chi connectivity index (χ3n) is 4.28. The van der Waals surface area contributed by atoms with Crippen LogP contribution in [0, 0.1) is 0 Å². The summed E-state index contributed by atoms with van der Waals surface area (Å²) in [5, 5.41) is 13.8. The summed E-state index contributed by atoms with van der Waals surface area (Å²) in [6, 6.07) is 5.71. The second-order valence-corrected chi connectivity index (χ2v) is 6.31. The maximum absolute atomic E-state index is 11.9. The van der Waals surface area contributed by atoms with Crippen molar-refractivity contribution in [2.75, 3.05) is 0 Å². The molecule has 0 radical (unpaired) electrons. The van der Waals surface area contributed by atoms with Crippen LogP contribution in [0.1, 0.15) is 37.7 Å². The van der Waals surface area contributed by atoms with Gasteiger partial charge >= 0.3 is 5.97 Å². The number of nitrogens with zero attached hydrogens (tertiary/aromatic N) is 3. The van der Waals surface area contributed by atoms with Crippen LogP contribution in [-0.2, 0) is 10.2 Å². The van der Waals surface area contributed by atoms with Crippen molar-refractivity contribution in [2.45, 2.75) is 37.5 Å². The van der Waals surface area contributed by atoms with Crippen LogP contribution < -0.4 is 0 Å². The summed E-state index contributed by atoms with van der Waals surface area (Å²) in [5.74, 6) is -0.720. The topological polar surface area (TPSA) is 68.0 Å². The molecule has 1 aliphatic carbocycles. The van der Waals surface area contributed by atoms with Crippen LogP contribution in [0.4, 0.5) is 0 Å². The molecule has 1 heterocycles. The highest BCUT2D eigenvalue weighted by Crippen LogP contribution is 2.41. The minimum atomic E-state index is -0.748. The average Bonchev–Trinajstić information content (AvgIpc) is 3.01. The van der Waals surface area contributed by atoms with Crippen LogP contribution in [0.2, 0.25) is 0 Å². The van der Waals surface area contributed by atoms with Crippen molar-refractivity contribution >= 4 is 21.9 Å². The Morgan fingerprint density at radius 3 is 2.62 bits per heavy atom. The average molecular weight is 350 g/mol. The third kappa shape index (κ3) is 2.48. The zero-order chi connectivity index (χ0) is 14.9. The molecule has 21 heavy (non-hydrogen) atoms. The van der Waals surface area contributed by atoms with Crippen LogP contribution >= 0.6 is 15.9 Å². The standard InChI is InChI=1S/C15H16BrN3O2/c16-12-8-11(4-5-13(12)19-10-17-9-18-19)15(14(20)21)6-2-1-3-7-15/h4-5,8-10H,1-3,6-7H2,(H,20,21). The van der Waals surface area contributed by atoms with E-state index in [-0.39, 0.29) is 0 Å². The first kappa shape index (κ1) is 14.3. The van der Waals surface area contributed by atoms with Crippen LogP contribution in [0.5, 0.6) is 0 Å². The molecule has 2 aromatic rings. The molecule has 5 nitrogen and oxygen atoms in total. The Hall–Kier alpha value is -1.69. The van der Waals surface area contributed by atoms with Crippen molar-refractivity contribution in [3.63, 3.8) is 0 Å². The van der Waals surface area contributed by atoms with Crippen LogP contribution in [0.25, 0.3) is 5.69 Å². The normalized spacial score (nSPS) is 17.6. The first-order valence-corrected chi connectivity index (χ1v) is 7.81. The molecule has 1 aromatic heterocycles. The van der Waals surface area contributed by atoms with Gasteiger partial charge in [-0.05, 0) is 46.5 Å². The lowest BCUT2D eigenvalue weighted by Crippen LogP contribution is -2.37. The Morgan fingerprint density at radius 1 is 1.29 bits per heavy atom.